The lowest BCUT2D eigenvalue weighted by Crippen LogP contribution is -2.49. The number of hydrogen-bond donors (Lipinski definition) is 3. The topological polar surface area (TPSA) is 114 Å². The second-order valence-electron chi connectivity index (χ2n) is 7.36. The summed E-state index contributed by atoms with van der Waals surface area (Å²) in [5, 5.41) is 3.52. The number of hydrazine groups is 1. The zero-order valence-electron chi connectivity index (χ0n) is 18.8. The highest BCUT2D eigenvalue weighted by atomic mass is 35.5. The van der Waals surface area contributed by atoms with Crippen LogP contribution in [0.1, 0.15) is 0 Å². The molecule has 2 unspecified atom stereocenters. The summed E-state index contributed by atoms with van der Waals surface area (Å²) in [6.07, 6.45) is -0.412. The van der Waals surface area contributed by atoms with Gasteiger partial charge in [-0.15, -0.1) is 0 Å². The number of carbonyl (C=O) groups excluding carboxylic acids is 2. The van der Waals surface area contributed by atoms with Gasteiger partial charge in [0.1, 0.15) is 23.4 Å². The molecule has 4 rings (SSSR count). The van der Waals surface area contributed by atoms with Gasteiger partial charge in [-0.2, -0.15) is 0 Å². The Labute approximate surface area is 205 Å². The van der Waals surface area contributed by atoms with Crippen LogP contribution in [0, 0.1) is 5.92 Å². The van der Waals surface area contributed by atoms with E-state index in [9.17, 15) is 9.59 Å². The van der Waals surface area contributed by atoms with Gasteiger partial charge in [0, 0.05) is 12.6 Å². The van der Waals surface area contributed by atoms with E-state index in [1.165, 1.54) is 19.1 Å². The highest BCUT2D eigenvalue weighted by molar-refractivity contribution is 8.14. The molecule has 2 aliphatic heterocycles. The summed E-state index contributed by atoms with van der Waals surface area (Å²) < 4.78 is 16.0. The van der Waals surface area contributed by atoms with E-state index in [4.69, 9.17) is 30.8 Å². The van der Waals surface area contributed by atoms with Crippen LogP contribution in [0.25, 0.3) is 0 Å². The number of aliphatic imine (C=N–C) groups is 1. The smallest absolute Gasteiger partial charge is 0.241 e. The fourth-order valence-corrected chi connectivity index (χ4v) is 4.76. The number of methoxy groups -OCH3 is 3. The highest BCUT2D eigenvalue weighted by Gasteiger charge is 2.43. The summed E-state index contributed by atoms with van der Waals surface area (Å²) in [5.74, 6) is 0.547. The maximum atomic E-state index is 13.4. The summed E-state index contributed by atoms with van der Waals surface area (Å²) in [6, 6.07) is 10.3. The van der Waals surface area contributed by atoms with Gasteiger partial charge in [-0.1, -0.05) is 35.5 Å². The second-order valence-corrected chi connectivity index (χ2v) is 8.71. The number of fused-ring (bicyclic) bond motifs is 1. The van der Waals surface area contributed by atoms with Gasteiger partial charge in [0.05, 0.1) is 49.4 Å². The van der Waals surface area contributed by atoms with Gasteiger partial charge in [-0.25, -0.2) is 10.4 Å². The number of thioether (sulfide) groups is 1. The molecular formula is C22H24ClN5O5S. The number of rotatable bonds is 7. The molecule has 2 amide bonds. The van der Waals surface area contributed by atoms with E-state index in [1.54, 1.807) is 31.4 Å². The molecule has 1 saturated heterocycles. The third-order valence-electron chi connectivity index (χ3n) is 5.34. The molecule has 0 saturated carbocycles. The molecule has 0 spiro atoms. The van der Waals surface area contributed by atoms with Crippen LogP contribution in [0.15, 0.2) is 41.4 Å². The van der Waals surface area contributed by atoms with Crippen LogP contribution in [0.5, 0.6) is 17.2 Å². The summed E-state index contributed by atoms with van der Waals surface area (Å²) in [5.41, 5.74) is 6.96. The summed E-state index contributed by atoms with van der Waals surface area (Å²) >= 11 is 7.34. The SMILES string of the molecule is COc1cc(OC)c(NC(=O)CSC2=NC3NNCC3C(=O)N2c2ccccc2OC)cc1Cl. The van der Waals surface area contributed by atoms with Gasteiger partial charge < -0.3 is 19.5 Å². The Balaban J connectivity index is 1.55. The van der Waals surface area contributed by atoms with Crippen LogP contribution in [-0.4, -0.2) is 56.8 Å². The van der Waals surface area contributed by atoms with E-state index in [0.29, 0.717) is 45.4 Å². The molecular weight excluding hydrogens is 482 g/mol. The van der Waals surface area contributed by atoms with Crippen LogP contribution in [-0.2, 0) is 9.59 Å². The number of nitrogens with zero attached hydrogens (tertiary/aromatic N) is 2. The molecule has 2 atom stereocenters. The molecule has 0 aliphatic carbocycles. The van der Waals surface area contributed by atoms with Crippen molar-refractivity contribution in [3.8, 4) is 17.2 Å². The van der Waals surface area contributed by atoms with Crippen LogP contribution in [0.2, 0.25) is 5.02 Å². The second kappa shape index (κ2) is 10.5. The maximum Gasteiger partial charge on any atom is 0.241 e. The lowest BCUT2D eigenvalue weighted by Gasteiger charge is -2.33. The lowest BCUT2D eigenvalue weighted by molar-refractivity contribution is -0.121. The Morgan fingerprint density at radius 3 is 2.65 bits per heavy atom. The lowest BCUT2D eigenvalue weighted by atomic mass is 10.0. The molecule has 180 valence electrons. The van der Waals surface area contributed by atoms with Crippen molar-refractivity contribution in [3.63, 3.8) is 0 Å². The van der Waals surface area contributed by atoms with Crippen LogP contribution in [0.4, 0.5) is 11.4 Å². The molecule has 2 aromatic carbocycles. The number of anilines is 2. The number of ether oxygens (including phenoxy) is 3. The molecule has 2 aliphatic rings. The summed E-state index contributed by atoms with van der Waals surface area (Å²) in [6.45, 7) is 0.453. The van der Waals surface area contributed by atoms with Gasteiger partial charge >= 0.3 is 0 Å². The fraction of sp³-hybridized carbons (Fsp3) is 0.318. The number of hydrogen-bond acceptors (Lipinski definition) is 9. The third kappa shape index (κ3) is 4.78. The van der Waals surface area contributed by atoms with Crippen molar-refractivity contribution in [2.24, 2.45) is 10.9 Å². The number of nitrogens with one attached hydrogen (secondary N) is 3. The van der Waals surface area contributed by atoms with Crippen molar-refractivity contribution in [2.75, 3.05) is 43.8 Å². The van der Waals surface area contributed by atoms with Crippen LogP contribution < -0.4 is 35.3 Å². The molecule has 3 N–H and O–H groups in total. The Morgan fingerprint density at radius 2 is 1.91 bits per heavy atom. The first-order valence-electron chi connectivity index (χ1n) is 10.3. The number of benzene rings is 2. The first kappa shape index (κ1) is 24.1. The van der Waals surface area contributed by atoms with Crippen molar-refractivity contribution in [2.45, 2.75) is 6.17 Å². The predicted octanol–water partition coefficient (Wildman–Crippen LogP) is 2.49. The first-order valence-corrected chi connectivity index (χ1v) is 11.7. The zero-order valence-corrected chi connectivity index (χ0v) is 20.3. The van der Waals surface area contributed by atoms with E-state index in [-0.39, 0.29) is 23.5 Å². The number of amidine groups is 1. The predicted molar refractivity (Wildman–Crippen MR) is 132 cm³/mol. The zero-order chi connectivity index (χ0) is 24.2. The number of halogens is 1. The third-order valence-corrected chi connectivity index (χ3v) is 6.59. The van der Waals surface area contributed by atoms with Crippen LogP contribution >= 0.6 is 23.4 Å². The van der Waals surface area contributed by atoms with E-state index in [2.05, 4.69) is 16.2 Å². The molecule has 0 aromatic heterocycles. The van der Waals surface area contributed by atoms with Gasteiger partial charge in [0.15, 0.2) is 5.17 Å². The normalized spacial score (nSPS) is 19.4. The van der Waals surface area contributed by atoms with E-state index < -0.39 is 6.17 Å². The number of carbonyl (C=O) groups is 2. The Kier molecular flexibility index (Phi) is 7.47. The molecule has 0 radical (unpaired) electrons. The van der Waals surface area contributed by atoms with Gasteiger partial charge in [-0.3, -0.25) is 19.9 Å². The van der Waals surface area contributed by atoms with Crippen molar-refractivity contribution < 1.29 is 23.8 Å². The Morgan fingerprint density at radius 1 is 1.18 bits per heavy atom. The number of amides is 2. The highest BCUT2D eigenvalue weighted by Crippen LogP contribution is 2.37. The maximum absolute atomic E-state index is 13.4. The largest absolute Gasteiger partial charge is 0.495 e. The average Bonchev–Trinajstić information content (AvgIpc) is 3.32. The van der Waals surface area contributed by atoms with Gasteiger partial charge in [0.2, 0.25) is 11.8 Å². The summed E-state index contributed by atoms with van der Waals surface area (Å²) in [7, 11) is 4.52. The minimum Gasteiger partial charge on any atom is -0.495 e. The fourth-order valence-electron chi connectivity index (χ4n) is 3.68. The quantitative estimate of drug-likeness (QED) is 0.526. The van der Waals surface area contributed by atoms with Crippen molar-refractivity contribution >= 4 is 51.7 Å². The van der Waals surface area contributed by atoms with E-state index in [0.717, 1.165) is 11.8 Å². The molecule has 2 heterocycles. The average molecular weight is 506 g/mol. The van der Waals surface area contributed by atoms with E-state index >= 15 is 0 Å². The molecule has 10 nitrogen and oxygen atoms in total. The molecule has 1 fully saturated rings. The Bertz CT molecular complexity index is 1130. The molecule has 12 heteroatoms. The van der Waals surface area contributed by atoms with Crippen molar-refractivity contribution in [1.82, 2.24) is 10.9 Å². The minimum absolute atomic E-state index is 0.00458. The summed E-state index contributed by atoms with van der Waals surface area (Å²) in [4.78, 5) is 32.3. The van der Waals surface area contributed by atoms with Crippen molar-refractivity contribution in [1.29, 1.82) is 0 Å². The first-order chi connectivity index (χ1) is 16.5. The van der Waals surface area contributed by atoms with Crippen molar-refractivity contribution in [3.05, 3.63) is 41.4 Å². The molecule has 0 bridgehead atoms. The van der Waals surface area contributed by atoms with Gasteiger partial charge in [-0.05, 0) is 18.2 Å². The van der Waals surface area contributed by atoms with Gasteiger partial charge in [0.25, 0.3) is 0 Å². The van der Waals surface area contributed by atoms with E-state index in [1.807, 2.05) is 12.1 Å². The minimum atomic E-state index is -0.412. The molecule has 2 aromatic rings. The standard InChI is InChI=1S/C22H24ClN5O5S/c1-31-16-7-5-4-6-15(16)28-21(30)12-10-24-27-20(12)26-22(28)34-11-19(29)25-14-8-13(23)17(32-2)9-18(14)33-3/h4-9,12,20,24,27H,10-11H2,1-3H3,(H,25,29). The molecule has 34 heavy (non-hydrogen) atoms. The Hall–Kier alpha value is -2.99. The number of para-hydroxylation sites is 2. The monoisotopic (exact) mass is 505 g/mol. The van der Waals surface area contributed by atoms with Crippen LogP contribution in [0.3, 0.4) is 0 Å².